The van der Waals surface area contributed by atoms with E-state index >= 15 is 0 Å². The molecule has 0 bridgehead atoms. The van der Waals surface area contributed by atoms with Crippen LogP contribution in [0.4, 0.5) is 13.2 Å². The molecule has 7 nitrogen and oxygen atoms in total. The number of hydrogen-bond acceptors (Lipinski definition) is 5. The molecular formula is C30H24F3N5O2. The van der Waals surface area contributed by atoms with Gasteiger partial charge in [-0.15, -0.1) is 0 Å². The minimum atomic E-state index is -0.756. The molecule has 202 valence electrons. The van der Waals surface area contributed by atoms with Gasteiger partial charge in [0.15, 0.2) is 5.82 Å². The van der Waals surface area contributed by atoms with Crippen molar-refractivity contribution in [2.24, 2.45) is 0 Å². The van der Waals surface area contributed by atoms with Crippen molar-refractivity contribution in [3.63, 3.8) is 0 Å². The summed E-state index contributed by atoms with van der Waals surface area (Å²) in [6.07, 6.45) is 3.55. The van der Waals surface area contributed by atoms with E-state index in [1.165, 1.54) is 22.9 Å². The molecule has 1 aliphatic rings. The third-order valence-corrected chi connectivity index (χ3v) is 7.34. The first-order valence-electron chi connectivity index (χ1n) is 12.8. The van der Waals surface area contributed by atoms with Crippen molar-refractivity contribution in [3.8, 4) is 28.5 Å². The van der Waals surface area contributed by atoms with Crippen LogP contribution in [0.25, 0.3) is 22.6 Å². The standard InChI is InChI=1S/C30H24F3N5O2/c1-3-37-15-20-13-25(19-11-21(31)14-22(32)12-19)38-28(26(20)36-37)35-29(39)24(30(38)40)10-17-4-6-18(7-5-17)23-8-9-34-27(33)16(23)2/h4-9,11-12,14-15,25,39H,3,10,13H2,1-2H3/t25-/m0/s1. The van der Waals surface area contributed by atoms with Crippen molar-refractivity contribution in [1.29, 1.82) is 0 Å². The molecule has 6 rings (SSSR count). The summed E-state index contributed by atoms with van der Waals surface area (Å²) in [6.45, 7) is 4.14. The van der Waals surface area contributed by atoms with Crippen LogP contribution in [0.3, 0.4) is 0 Å². The Morgan fingerprint density at radius 1 is 1.05 bits per heavy atom. The third kappa shape index (κ3) is 4.35. The summed E-state index contributed by atoms with van der Waals surface area (Å²) in [5.41, 5.74) is 3.61. The summed E-state index contributed by atoms with van der Waals surface area (Å²) in [7, 11) is 0. The normalized spacial score (nSPS) is 14.2. The van der Waals surface area contributed by atoms with Gasteiger partial charge in [0.05, 0.1) is 11.6 Å². The SMILES string of the molecule is CCn1cc2c(n1)-c1nc(O)c(Cc3ccc(-c4ccnc(F)c4C)cc3)c(=O)n1[C@H](c1cc(F)cc(F)c1)C2. The lowest BCUT2D eigenvalue weighted by Crippen LogP contribution is -2.34. The summed E-state index contributed by atoms with van der Waals surface area (Å²) in [5, 5.41) is 15.4. The van der Waals surface area contributed by atoms with E-state index in [-0.39, 0.29) is 29.8 Å². The molecule has 0 unspecified atom stereocenters. The number of fused-ring (bicyclic) bond motifs is 3. The second-order valence-corrected chi connectivity index (χ2v) is 9.84. The molecule has 0 saturated carbocycles. The Balaban J connectivity index is 1.44. The van der Waals surface area contributed by atoms with Gasteiger partial charge in [-0.05, 0) is 54.3 Å². The van der Waals surface area contributed by atoms with E-state index in [9.17, 15) is 23.1 Å². The lowest BCUT2D eigenvalue weighted by Gasteiger charge is -2.27. The second-order valence-electron chi connectivity index (χ2n) is 9.84. The number of pyridine rings is 1. The Hall–Kier alpha value is -4.73. The quantitative estimate of drug-likeness (QED) is 0.302. The highest BCUT2D eigenvalue weighted by atomic mass is 19.1. The van der Waals surface area contributed by atoms with Crippen LogP contribution in [-0.2, 0) is 19.4 Å². The zero-order valence-electron chi connectivity index (χ0n) is 21.7. The molecule has 1 N–H and O–H groups in total. The molecule has 0 amide bonds. The molecular weight excluding hydrogens is 519 g/mol. The summed E-state index contributed by atoms with van der Waals surface area (Å²) >= 11 is 0. The summed E-state index contributed by atoms with van der Waals surface area (Å²) < 4.78 is 45.5. The number of aryl methyl sites for hydroxylation is 1. The van der Waals surface area contributed by atoms with Crippen LogP contribution in [0, 0.1) is 24.5 Å². The molecule has 0 aliphatic carbocycles. The molecule has 5 aromatic rings. The Morgan fingerprint density at radius 2 is 1.77 bits per heavy atom. The van der Waals surface area contributed by atoms with Crippen molar-refractivity contribution < 1.29 is 18.3 Å². The Kier molecular flexibility index (Phi) is 6.25. The van der Waals surface area contributed by atoms with Gasteiger partial charge < -0.3 is 5.11 Å². The fourth-order valence-electron chi connectivity index (χ4n) is 5.30. The van der Waals surface area contributed by atoms with Gasteiger partial charge >= 0.3 is 0 Å². The number of halogens is 3. The van der Waals surface area contributed by atoms with Crippen LogP contribution in [0.15, 0.2) is 65.7 Å². The van der Waals surface area contributed by atoms with E-state index in [1.54, 1.807) is 41.9 Å². The lowest BCUT2D eigenvalue weighted by molar-refractivity contribution is 0.432. The molecule has 0 radical (unpaired) electrons. The number of nitrogens with zero attached hydrogens (tertiary/aromatic N) is 5. The fraction of sp³-hybridized carbons (Fsp3) is 0.200. The highest BCUT2D eigenvalue weighted by molar-refractivity contribution is 5.67. The van der Waals surface area contributed by atoms with Gasteiger partial charge in [0.25, 0.3) is 5.56 Å². The third-order valence-electron chi connectivity index (χ3n) is 7.34. The van der Waals surface area contributed by atoms with E-state index in [0.29, 0.717) is 28.9 Å². The molecule has 3 aromatic heterocycles. The molecule has 40 heavy (non-hydrogen) atoms. The van der Waals surface area contributed by atoms with E-state index in [0.717, 1.165) is 17.2 Å². The number of aromatic nitrogens is 5. The van der Waals surface area contributed by atoms with Gasteiger partial charge in [0, 0.05) is 49.0 Å². The lowest BCUT2D eigenvalue weighted by atomic mass is 9.94. The first-order valence-corrected chi connectivity index (χ1v) is 12.8. The maximum Gasteiger partial charge on any atom is 0.261 e. The van der Waals surface area contributed by atoms with Crippen LogP contribution in [0.1, 0.15) is 40.8 Å². The Labute approximate surface area is 227 Å². The van der Waals surface area contributed by atoms with Crippen LogP contribution in [-0.4, -0.2) is 29.4 Å². The van der Waals surface area contributed by atoms with Gasteiger partial charge in [-0.1, -0.05) is 24.3 Å². The predicted octanol–water partition coefficient (Wildman–Crippen LogP) is 5.36. The van der Waals surface area contributed by atoms with Crippen molar-refractivity contribution in [1.82, 2.24) is 24.3 Å². The topological polar surface area (TPSA) is 85.8 Å². The molecule has 1 aliphatic heterocycles. The zero-order chi connectivity index (χ0) is 28.1. The molecule has 2 aromatic carbocycles. The molecule has 10 heteroatoms. The van der Waals surface area contributed by atoms with E-state index < -0.39 is 35.1 Å². The fourth-order valence-corrected chi connectivity index (χ4v) is 5.30. The van der Waals surface area contributed by atoms with Gasteiger partial charge in [-0.3, -0.25) is 14.0 Å². The van der Waals surface area contributed by atoms with Gasteiger partial charge in [-0.2, -0.15) is 14.5 Å². The average Bonchev–Trinajstić information content (AvgIpc) is 3.36. The Bertz CT molecular complexity index is 1810. The Morgan fingerprint density at radius 3 is 2.48 bits per heavy atom. The van der Waals surface area contributed by atoms with E-state index in [1.807, 2.05) is 13.1 Å². The monoisotopic (exact) mass is 543 g/mol. The van der Waals surface area contributed by atoms with Crippen molar-refractivity contribution in [2.45, 2.75) is 39.3 Å². The predicted molar refractivity (Wildman–Crippen MR) is 142 cm³/mol. The summed E-state index contributed by atoms with van der Waals surface area (Å²) in [4.78, 5) is 22.0. The van der Waals surface area contributed by atoms with Crippen LogP contribution >= 0.6 is 0 Å². The molecule has 1 atom stereocenters. The maximum atomic E-state index is 14.2. The first-order chi connectivity index (χ1) is 19.2. The van der Waals surface area contributed by atoms with Crippen LogP contribution < -0.4 is 5.56 Å². The number of aromatic hydroxyl groups is 1. The highest BCUT2D eigenvalue weighted by Gasteiger charge is 2.33. The maximum absolute atomic E-state index is 14.2. The van der Waals surface area contributed by atoms with E-state index in [2.05, 4.69) is 15.1 Å². The molecule has 0 fully saturated rings. The molecule has 0 saturated heterocycles. The zero-order valence-corrected chi connectivity index (χ0v) is 21.7. The van der Waals surface area contributed by atoms with Gasteiger partial charge in [0.1, 0.15) is 17.3 Å². The van der Waals surface area contributed by atoms with Gasteiger partial charge in [0.2, 0.25) is 11.8 Å². The van der Waals surface area contributed by atoms with Crippen molar-refractivity contribution in [2.75, 3.05) is 0 Å². The summed E-state index contributed by atoms with van der Waals surface area (Å²) in [6, 6.07) is 11.3. The summed E-state index contributed by atoms with van der Waals surface area (Å²) in [5.74, 6) is -2.35. The molecule has 4 heterocycles. The van der Waals surface area contributed by atoms with Crippen molar-refractivity contribution >= 4 is 0 Å². The minimum Gasteiger partial charge on any atom is -0.493 e. The van der Waals surface area contributed by atoms with Crippen molar-refractivity contribution in [3.05, 3.63) is 117 Å². The van der Waals surface area contributed by atoms with Crippen LogP contribution in [0.2, 0.25) is 0 Å². The minimum absolute atomic E-state index is 0.0443. The number of benzene rings is 2. The smallest absolute Gasteiger partial charge is 0.261 e. The first kappa shape index (κ1) is 25.5. The highest BCUT2D eigenvalue weighted by Crippen LogP contribution is 2.37. The number of rotatable bonds is 5. The second kappa shape index (κ2) is 9.78. The number of hydrogen-bond donors (Lipinski definition) is 1. The van der Waals surface area contributed by atoms with Crippen LogP contribution in [0.5, 0.6) is 5.88 Å². The molecule has 0 spiro atoms. The largest absolute Gasteiger partial charge is 0.493 e. The van der Waals surface area contributed by atoms with Gasteiger partial charge in [-0.25, -0.2) is 13.8 Å². The average molecular weight is 544 g/mol. The van der Waals surface area contributed by atoms with E-state index in [4.69, 9.17) is 0 Å².